The second-order valence-electron chi connectivity index (χ2n) is 16.2. The van der Waals surface area contributed by atoms with Crippen molar-refractivity contribution < 1.29 is 39.5 Å². The maximum Gasteiger partial charge on any atom is 0.416 e. The van der Waals surface area contributed by atoms with Gasteiger partial charge in [-0.15, -0.1) is 0 Å². The molecule has 0 amide bonds. The lowest BCUT2D eigenvalue weighted by Crippen LogP contribution is -2.15. The first-order valence-corrected chi connectivity index (χ1v) is 26.2. The third-order valence-electron chi connectivity index (χ3n) is 11.4. The summed E-state index contributed by atoms with van der Waals surface area (Å²) in [7, 11) is 0. The molecule has 6 rings (SSSR count). The van der Waals surface area contributed by atoms with E-state index in [2.05, 4.69) is 113 Å². The molecule has 0 aromatic heterocycles. The van der Waals surface area contributed by atoms with Crippen LogP contribution in [0.25, 0.3) is 0 Å². The van der Waals surface area contributed by atoms with E-state index in [-0.39, 0.29) is 24.0 Å². The van der Waals surface area contributed by atoms with E-state index in [4.69, 9.17) is 0 Å². The minimum atomic E-state index is -4.68. The molecule has 0 aliphatic carbocycles. The lowest BCUT2D eigenvalue weighted by Gasteiger charge is -2.18. The molecule has 0 nitrogen and oxygen atoms in total. The zero-order valence-electron chi connectivity index (χ0n) is 43.5. The Labute approximate surface area is 436 Å². The highest BCUT2D eigenvalue weighted by Crippen LogP contribution is 2.39. The molecule has 6 aromatic rings. The van der Waals surface area contributed by atoms with Crippen LogP contribution in [0.2, 0.25) is 0 Å². The van der Waals surface area contributed by atoms with Gasteiger partial charge in [-0.1, -0.05) is 179 Å². The minimum absolute atomic E-state index is 0.107. The van der Waals surface area contributed by atoms with Gasteiger partial charge in [-0.25, -0.2) is 0 Å². The molecule has 0 aliphatic rings. The molecule has 0 N–H and O–H groups in total. The molecule has 0 heterocycles. The molecule has 390 valence electrons. The van der Waals surface area contributed by atoms with Crippen LogP contribution >= 0.6 is 31.9 Å². The van der Waals surface area contributed by atoms with Gasteiger partial charge in [0.2, 0.25) is 0 Å². The molecule has 0 bridgehead atoms. The maximum atomic E-state index is 13.2. The SMILES string of the molecule is CC.CC.CC.CCc1ccc(CCc2cc(Br)c(C)cc2Br)cc1.CCc1ccc(CCc2cc(C(F)(F)F)c(C)cc2C(F)(F)F)cc1.CCc1ccc(CCc2ccc(C)c(C(F)(F)F)c2)cc1. The average molecular weight is 1130 g/mol. The molecule has 0 saturated carbocycles. The predicted octanol–water partition coefficient (Wildman–Crippen LogP) is 20.7. The van der Waals surface area contributed by atoms with Crippen LogP contribution in [0.15, 0.2) is 124 Å². The number of halogens is 11. The number of aryl methyl sites for hydroxylation is 12. The number of hydrogen-bond acceptors (Lipinski definition) is 0. The number of rotatable bonds is 12. The molecule has 0 aliphatic heterocycles. The van der Waals surface area contributed by atoms with Crippen molar-refractivity contribution in [3.63, 3.8) is 0 Å². The Morgan fingerprint density at radius 2 is 0.634 bits per heavy atom. The Hall–Kier alpha value is -4.35. The zero-order valence-corrected chi connectivity index (χ0v) is 46.7. The van der Waals surface area contributed by atoms with E-state index in [1.807, 2.05) is 60.6 Å². The smallest absolute Gasteiger partial charge is 0.166 e. The van der Waals surface area contributed by atoms with Gasteiger partial charge in [-0.2, -0.15) is 39.5 Å². The Morgan fingerprint density at radius 1 is 0.310 bits per heavy atom. The molecular weight excluding hydrogens is 1050 g/mol. The molecule has 0 unspecified atom stereocenters. The van der Waals surface area contributed by atoms with Gasteiger partial charge in [-0.05, 0) is 176 Å². The van der Waals surface area contributed by atoms with E-state index in [0.29, 0.717) is 18.6 Å². The van der Waals surface area contributed by atoms with E-state index in [9.17, 15) is 39.5 Å². The summed E-state index contributed by atoms with van der Waals surface area (Å²) in [4.78, 5) is 0. The first kappa shape index (κ1) is 64.7. The summed E-state index contributed by atoms with van der Waals surface area (Å²) >= 11 is 7.26. The van der Waals surface area contributed by atoms with Crippen molar-refractivity contribution in [2.75, 3.05) is 0 Å². The summed E-state index contributed by atoms with van der Waals surface area (Å²) in [5.74, 6) is 0. The molecule has 71 heavy (non-hydrogen) atoms. The highest BCUT2D eigenvalue weighted by atomic mass is 79.9. The van der Waals surface area contributed by atoms with E-state index in [1.54, 1.807) is 24.3 Å². The fraction of sp³-hybridized carbons (Fsp3) is 0.400. The average Bonchev–Trinajstić information content (AvgIpc) is 3.35. The first-order chi connectivity index (χ1) is 33.5. The molecule has 11 heteroatoms. The van der Waals surface area contributed by atoms with Gasteiger partial charge >= 0.3 is 18.5 Å². The van der Waals surface area contributed by atoms with E-state index in [1.165, 1.54) is 49.8 Å². The quantitative estimate of drug-likeness (QED) is 0.107. The van der Waals surface area contributed by atoms with Crippen molar-refractivity contribution in [2.45, 2.75) is 159 Å². The Balaban J connectivity index is 0.000000509. The molecule has 0 atom stereocenters. The van der Waals surface area contributed by atoms with Gasteiger partial charge in [0.1, 0.15) is 0 Å². The van der Waals surface area contributed by atoms with Crippen LogP contribution < -0.4 is 0 Å². The van der Waals surface area contributed by atoms with Gasteiger partial charge in [0.25, 0.3) is 0 Å². The summed E-state index contributed by atoms with van der Waals surface area (Å²) in [6, 6.07) is 34.8. The zero-order chi connectivity index (χ0) is 54.1. The van der Waals surface area contributed by atoms with E-state index in [0.717, 1.165) is 67.7 Å². The standard InChI is InChI=1S/C19H18F6.C18H19F3.C17H18Br2.3C2H6/c1-3-13-4-6-14(7-5-13)8-9-15-11-16(18(20,21)22)12(2)10-17(15)19(23,24)25;1-3-14-6-8-15(9-7-14)10-11-16-5-4-13(2)17(12-16)18(19,20)21;1-3-13-4-6-14(7-5-13)8-9-15-11-16(18)12(2)10-17(15)19;3*1-2/h4-7,10-11H,3,8-9H2,1-2H3;4-9,12H,3,10-11H2,1-2H3;4-7,10-11H,3,8-9H2,1-2H3;3*1-2H3. The van der Waals surface area contributed by atoms with Crippen LogP contribution in [0.4, 0.5) is 39.5 Å². The number of hydrogen-bond donors (Lipinski definition) is 0. The molecule has 0 fully saturated rings. The Bertz CT molecular complexity index is 2430. The van der Waals surface area contributed by atoms with Crippen LogP contribution in [0, 0.1) is 20.8 Å². The van der Waals surface area contributed by atoms with Crippen LogP contribution in [-0.2, 0) is 76.3 Å². The van der Waals surface area contributed by atoms with Crippen molar-refractivity contribution in [1.82, 2.24) is 0 Å². The first-order valence-electron chi connectivity index (χ1n) is 24.6. The predicted molar refractivity (Wildman–Crippen MR) is 288 cm³/mol. The van der Waals surface area contributed by atoms with Crippen LogP contribution in [-0.4, -0.2) is 0 Å². The Kier molecular flexibility index (Phi) is 29.1. The normalized spacial score (nSPS) is 11.0. The van der Waals surface area contributed by atoms with Crippen LogP contribution in [0.3, 0.4) is 0 Å². The molecule has 0 radical (unpaired) electrons. The molecular formula is C60H73Br2F9. The fourth-order valence-electron chi connectivity index (χ4n) is 7.21. The van der Waals surface area contributed by atoms with Gasteiger partial charge in [-0.3, -0.25) is 0 Å². The van der Waals surface area contributed by atoms with E-state index >= 15 is 0 Å². The number of alkyl halides is 9. The van der Waals surface area contributed by atoms with Crippen molar-refractivity contribution in [3.8, 4) is 0 Å². The molecule has 6 aromatic carbocycles. The number of benzene rings is 6. The second kappa shape index (κ2) is 32.0. The third-order valence-corrected chi connectivity index (χ3v) is 13.0. The van der Waals surface area contributed by atoms with Gasteiger partial charge in [0, 0.05) is 8.95 Å². The fourth-order valence-corrected chi connectivity index (χ4v) is 8.26. The monoisotopic (exact) mass is 1120 g/mol. The summed E-state index contributed by atoms with van der Waals surface area (Å²) in [5, 5.41) is 0. The largest absolute Gasteiger partial charge is 0.416 e. The maximum absolute atomic E-state index is 13.2. The summed E-state index contributed by atoms with van der Waals surface area (Å²) < 4.78 is 120. The van der Waals surface area contributed by atoms with Crippen molar-refractivity contribution in [1.29, 1.82) is 0 Å². The van der Waals surface area contributed by atoms with Crippen LogP contribution in [0.1, 0.15) is 146 Å². The lowest BCUT2D eigenvalue weighted by atomic mass is 9.94. The van der Waals surface area contributed by atoms with Crippen LogP contribution in [0.5, 0.6) is 0 Å². The summed E-state index contributed by atoms with van der Waals surface area (Å²) in [6.07, 6.45) is -7.04. The van der Waals surface area contributed by atoms with E-state index < -0.39 is 40.8 Å². The van der Waals surface area contributed by atoms with Gasteiger partial charge < -0.3 is 0 Å². The van der Waals surface area contributed by atoms with Gasteiger partial charge in [0.15, 0.2) is 0 Å². The molecule has 0 spiro atoms. The minimum Gasteiger partial charge on any atom is -0.166 e. The summed E-state index contributed by atoms with van der Waals surface area (Å²) in [6.45, 7) is 22.9. The van der Waals surface area contributed by atoms with Gasteiger partial charge in [0.05, 0.1) is 16.7 Å². The second-order valence-corrected chi connectivity index (χ2v) is 17.9. The van der Waals surface area contributed by atoms with Crippen molar-refractivity contribution in [3.05, 3.63) is 208 Å². The molecule has 0 saturated heterocycles. The Morgan fingerprint density at radius 3 is 1.01 bits per heavy atom. The van der Waals surface area contributed by atoms with Crippen molar-refractivity contribution in [2.24, 2.45) is 0 Å². The third kappa shape index (κ3) is 22.1. The lowest BCUT2D eigenvalue weighted by molar-refractivity contribution is -0.142. The highest BCUT2D eigenvalue weighted by molar-refractivity contribution is 9.11. The highest BCUT2D eigenvalue weighted by Gasteiger charge is 2.38. The summed E-state index contributed by atoms with van der Waals surface area (Å²) in [5.41, 5.74) is 7.46. The van der Waals surface area contributed by atoms with Crippen molar-refractivity contribution >= 4 is 31.9 Å². The topological polar surface area (TPSA) is 0 Å².